The van der Waals surface area contributed by atoms with Crippen molar-refractivity contribution in [1.29, 1.82) is 0 Å². The molecule has 0 spiro atoms. The van der Waals surface area contributed by atoms with Crippen LogP contribution in [0.15, 0.2) is 66.7 Å². The number of carbonyl (C=O) groups excluding carboxylic acids is 1. The van der Waals surface area contributed by atoms with Crippen LogP contribution in [0.5, 0.6) is 11.5 Å². The summed E-state index contributed by atoms with van der Waals surface area (Å²) >= 11 is 0. The van der Waals surface area contributed by atoms with Crippen LogP contribution in [0.4, 0.5) is 5.69 Å². The summed E-state index contributed by atoms with van der Waals surface area (Å²) in [7, 11) is 0. The lowest BCUT2D eigenvalue weighted by atomic mass is 9.81. The van der Waals surface area contributed by atoms with Gasteiger partial charge in [0.2, 0.25) is 0 Å². The molecule has 3 aromatic rings. The maximum absolute atomic E-state index is 13.0. The molecule has 3 rings (SSSR count). The Labute approximate surface area is 189 Å². The van der Waals surface area contributed by atoms with Crippen molar-refractivity contribution < 1.29 is 14.5 Å². The third-order valence-corrected chi connectivity index (χ3v) is 5.33. The Hall–Kier alpha value is -3.47. The lowest BCUT2D eigenvalue weighted by molar-refractivity contribution is -0.385. The second-order valence-corrected chi connectivity index (χ2v) is 9.94. The van der Waals surface area contributed by atoms with Gasteiger partial charge in [-0.05, 0) is 34.6 Å². The molecular weight excluding hydrogens is 402 g/mol. The van der Waals surface area contributed by atoms with Crippen LogP contribution in [0.1, 0.15) is 68.6 Å². The van der Waals surface area contributed by atoms with Crippen LogP contribution in [0, 0.1) is 10.1 Å². The minimum Gasteiger partial charge on any atom is -0.457 e. The van der Waals surface area contributed by atoms with E-state index in [1.165, 1.54) is 18.2 Å². The fourth-order valence-corrected chi connectivity index (χ4v) is 3.48. The Bertz CT molecular complexity index is 1150. The van der Waals surface area contributed by atoms with Gasteiger partial charge in [-0.25, -0.2) is 0 Å². The molecule has 0 atom stereocenters. The number of nitro benzene ring substituents is 1. The quantitative estimate of drug-likeness (QED) is 0.243. The number of nitro groups is 1. The van der Waals surface area contributed by atoms with Gasteiger partial charge in [-0.3, -0.25) is 14.9 Å². The number of ketones is 1. The van der Waals surface area contributed by atoms with Gasteiger partial charge in [0.05, 0.1) is 4.92 Å². The second-order valence-electron chi connectivity index (χ2n) is 9.94. The zero-order valence-corrected chi connectivity index (χ0v) is 19.4. The molecule has 166 valence electrons. The summed E-state index contributed by atoms with van der Waals surface area (Å²) in [6.07, 6.45) is 0. The Kier molecular flexibility index (Phi) is 6.22. The summed E-state index contributed by atoms with van der Waals surface area (Å²) in [6, 6.07) is 19.1. The van der Waals surface area contributed by atoms with E-state index >= 15 is 0 Å². The van der Waals surface area contributed by atoms with Crippen LogP contribution in [0.2, 0.25) is 0 Å². The number of rotatable bonds is 5. The SMILES string of the molecule is CC(C)(C)c1ccc(C(C)(C)C)c(Oc2ccc([N+](=O)[O-])c(C(=O)c3ccccc3)c2)c1. The Morgan fingerprint density at radius 2 is 1.50 bits per heavy atom. The van der Waals surface area contributed by atoms with E-state index < -0.39 is 10.7 Å². The largest absolute Gasteiger partial charge is 0.457 e. The normalized spacial score (nSPS) is 11.8. The third kappa shape index (κ3) is 5.05. The number of nitrogens with zero attached hydrogens (tertiary/aromatic N) is 1. The molecule has 5 heteroatoms. The van der Waals surface area contributed by atoms with Gasteiger partial charge in [0.15, 0.2) is 5.78 Å². The van der Waals surface area contributed by atoms with E-state index in [9.17, 15) is 14.9 Å². The average Bonchev–Trinajstić information content (AvgIpc) is 2.72. The van der Waals surface area contributed by atoms with Crippen molar-refractivity contribution in [2.45, 2.75) is 52.4 Å². The molecule has 0 fully saturated rings. The van der Waals surface area contributed by atoms with Crippen LogP contribution in [0.3, 0.4) is 0 Å². The number of benzene rings is 3. The molecule has 0 aliphatic rings. The van der Waals surface area contributed by atoms with Gasteiger partial charge in [0, 0.05) is 17.2 Å². The Morgan fingerprint density at radius 1 is 0.844 bits per heavy atom. The van der Waals surface area contributed by atoms with E-state index in [0.29, 0.717) is 17.1 Å². The topological polar surface area (TPSA) is 69.4 Å². The predicted molar refractivity (Wildman–Crippen MR) is 127 cm³/mol. The van der Waals surface area contributed by atoms with Gasteiger partial charge in [0.1, 0.15) is 17.1 Å². The maximum Gasteiger partial charge on any atom is 0.280 e. The molecule has 3 aromatic carbocycles. The molecule has 5 nitrogen and oxygen atoms in total. The number of carbonyl (C=O) groups is 1. The van der Waals surface area contributed by atoms with Crippen molar-refractivity contribution in [2.75, 3.05) is 0 Å². The third-order valence-electron chi connectivity index (χ3n) is 5.33. The Balaban J connectivity index is 2.10. The molecule has 0 heterocycles. The first-order valence-corrected chi connectivity index (χ1v) is 10.6. The van der Waals surface area contributed by atoms with Crippen LogP contribution >= 0.6 is 0 Å². The minimum atomic E-state index is -0.541. The maximum atomic E-state index is 13.0. The van der Waals surface area contributed by atoms with Gasteiger partial charge < -0.3 is 4.74 Å². The standard InChI is InChI=1S/C27H29NO4/c1-26(2,3)19-12-14-22(27(4,5)6)24(16-19)32-20-13-15-23(28(30)31)21(17-20)25(29)18-10-8-7-9-11-18/h7-17H,1-6H3. The van der Waals surface area contributed by atoms with E-state index in [0.717, 1.165) is 11.1 Å². The van der Waals surface area contributed by atoms with Crippen molar-refractivity contribution in [1.82, 2.24) is 0 Å². The van der Waals surface area contributed by atoms with E-state index in [1.54, 1.807) is 30.3 Å². The number of ether oxygens (including phenoxy) is 1. The summed E-state index contributed by atoms with van der Waals surface area (Å²) in [5.41, 5.74) is 2.03. The molecule has 0 unspecified atom stereocenters. The fraction of sp³-hybridized carbons (Fsp3) is 0.296. The smallest absolute Gasteiger partial charge is 0.280 e. The average molecular weight is 432 g/mol. The first kappa shape index (κ1) is 23.2. The van der Waals surface area contributed by atoms with E-state index in [1.807, 2.05) is 6.07 Å². The predicted octanol–water partition coefficient (Wildman–Crippen LogP) is 7.21. The van der Waals surface area contributed by atoms with Gasteiger partial charge >= 0.3 is 0 Å². The van der Waals surface area contributed by atoms with Crippen molar-refractivity contribution >= 4 is 11.5 Å². The molecule has 0 aliphatic heterocycles. The van der Waals surface area contributed by atoms with E-state index in [2.05, 4.69) is 53.7 Å². The number of hydrogen-bond donors (Lipinski definition) is 0. The Morgan fingerprint density at radius 3 is 2.06 bits per heavy atom. The highest BCUT2D eigenvalue weighted by Gasteiger charge is 2.25. The second kappa shape index (κ2) is 8.58. The zero-order valence-electron chi connectivity index (χ0n) is 19.4. The lowest BCUT2D eigenvalue weighted by Crippen LogP contribution is -2.16. The molecule has 0 amide bonds. The highest BCUT2D eigenvalue weighted by molar-refractivity contribution is 6.11. The molecule has 0 saturated carbocycles. The van der Waals surface area contributed by atoms with Crippen LogP contribution < -0.4 is 4.74 Å². The van der Waals surface area contributed by atoms with E-state index in [-0.39, 0.29) is 22.1 Å². The minimum absolute atomic E-state index is 0.00276. The number of hydrogen-bond acceptors (Lipinski definition) is 4. The monoisotopic (exact) mass is 431 g/mol. The highest BCUT2D eigenvalue weighted by Crippen LogP contribution is 2.38. The molecule has 0 N–H and O–H groups in total. The summed E-state index contributed by atoms with van der Waals surface area (Å²) in [5.74, 6) is 0.644. The highest BCUT2D eigenvalue weighted by atomic mass is 16.6. The first-order chi connectivity index (χ1) is 14.9. The lowest BCUT2D eigenvalue weighted by Gasteiger charge is -2.26. The summed E-state index contributed by atoms with van der Waals surface area (Å²) in [4.78, 5) is 24.1. The first-order valence-electron chi connectivity index (χ1n) is 10.6. The summed E-state index contributed by atoms with van der Waals surface area (Å²) in [6.45, 7) is 12.7. The van der Waals surface area contributed by atoms with Crippen molar-refractivity contribution in [3.05, 3.63) is 99.1 Å². The molecule has 0 aromatic heterocycles. The zero-order chi connectivity index (χ0) is 23.7. The molecule has 0 radical (unpaired) electrons. The van der Waals surface area contributed by atoms with Gasteiger partial charge in [-0.2, -0.15) is 0 Å². The van der Waals surface area contributed by atoms with Gasteiger partial charge in [-0.15, -0.1) is 0 Å². The van der Waals surface area contributed by atoms with Crippen LogP contribution in [-0.4, -0.2) is 10.7 Å². The molecular formula is C27H29NO4. The van der Waals surface area contributed by atoms with Gasteiger partial charge in [0.25, 0.3) is 5.69 Å². The molecule has 0 saturated heterocycles. The fourth-order valence-electron chi connectivity index (χ4n) is 3.48. The van der Waals surface area contributed by atoms with Crippen molar-refractivity contribution in [2.24, 2.45) is 0 Å². The van der Waals surface area contributed by atoms with Gasteiger partial charge in [-0.1, -0.05) is 84.0 Å². The van der Waals surface area contributed by atoms with Crippen molar-refractivity contribution in [3.8, 4) is 11.5 Å². The summed E-state index contributed by atoms with van der Waals surface area (Å²) in [5, 5.41) is 11.6. The molecule has 32 heavy (non-hydrogen) atoms. The van der Waals surface area contributed by atoms with Crippen LogP contribution in [-0.2, 0) is 10.8 Å². The van der Waals surface area contributed by atoms with Crippen LogP contribution in [0.25, 0.3) is 0 Å². The molecule has 0 aliphatic carbocycles. The summed E-state index contributed by atoms with van der Waals surface area (Å²) < 4.78 is 6.26. The molecule has 0 bridgehead atoms. The van der Waals surface area contributed by atoms with E-state index in [4.69, 9.17) is 4.74 Å². The van der Waals surface area contributed by atoms with Crippen molar-refractivity contribution in [3.63, 3.8) is 0 Å².